The van der Waals surface area contributed by atoms with Gasteiger partial charge in [0.2, 0.25) is 0 Å². The molecule has 0 bridgehead atoms. The average molecular weight is 350 g/mol. The zero-order valence-electron chi connectivity index (χ0n) is 12.4. The first kappa shape index (κ1) is 16.5. The van der Waals surface area contributed by atoms with Gasteiger partial charge in [-0.1, -0.05) is 42.1 Å². The predicted molar refractivity (Wildman–Crippen MR) is 85.3 cm³/mol. The number of hydrogen-bond acceptors (Lipinski definition) is 4. The molecule has 0 amide bonds. The third kappa shape index (κ3) is 4.14. The molecular formula is C16H13F3N4S. The zero-order chi connectivity index (χ0) is 17.0. The molecule has 4 nitrogen and oxygen atoms in total. The zero-order valence-corrected chi connectivity index (χ0v) is 13.3. The van der Waals surface area contributed by atoms with E-state index in [0.717, 1.165) is 0 Å². The fraction of sp³-hybridized carbons (Fsp3) is 0.188. The summed E-state index contributed by atoms with van der Waals surface area (Å²) in [5, 5.41) is 0.290. The van der Waals surface area contributed by atoms with E-state index < -0.39 is 12.7 Å². The van der Waals surface area contributed by atoms with Crippen LogP contribution in [0.5, 0.6) is 0 Å². The Balaban J connectivity index is 1.89. The highest BCUT2D eigenvalue weighted by molar-refractivity contribution is 7.98. The average Bonchev–Trinajstić information content (AvgIpc) is 2.95. The maximum atomic E-state index is 13.0. The van der Waals surface area contributed by atoms with Gasteiger partial charge in [0.05, 0.1) is 17.6 Å². The summed E-state index contributed by atoms with van der Waals surface area (Å²) in [6.45, 7) is -1.09. The lowest BCUT2D eigenvalue weighted by Crippen LogP contribution is -2.19. The number of nitrogens with zero attached hydrogens (tertiary/aromatic N) is 4. The molecule has 0 aliphatic rings. The molecule has 8 heteroatoms. The van der Waals surface area contributed by atoms with Crippen LogP contribution in [0, 0.1) is 0 Å². The monoisotopic (exact) mass is 350 g/mol. The Morgan fingerprint density at radius 3 is 2.33 bits per heavy atom. The number of aromatic nitrogens is 4. The summed E-state index contributed by atoms with van der Waals surface area (Å²) in [5.74, 6) is 0.898. The minimum atomic E-state index is -4.33. The molecule has 2 heterocycles. The van der Waals surface area contributed by atoms with E-state index in [4.69, 9.17) is 0 Å². The van der Waals surface area contributed by atoms with Crippen molar-refractivity contribution in [3.05, 3.63) is 60.8 Å². The third-order valence-electron chi connectivity index (χ3n) is 3.18. The van der Waals surface area contributed by atoms with Crippen LogP contribution in [0.1, 0.15) is 5.82 Å². The second kappa shape index (κ2) is 7.04. The number of rotatable bonds is 5. The van der Waals surface area contributed by atoms with Crippen LogP contribution in [0.25, 0.3) is 11.3 Å². The summed E-state index contributed by atoms with van der Waals surface area (Å²) in [4.78, 5) is 12.3. The van der Waals surface area contributed by atoms with Gasteiger partial charge >= 0.3 is 6.18 Å². The fourth-order valence-electron chi connectivity index (χ4n) is 2.18. The molecule has 0 unspecified atom stereocenters. The largest absolute Gasteiger partial charge is 0.406 e. The molecular weight excluding hydrogens is 337 g/mol. The van der Waals surface area contributed by atoms with Gasteiger partial charge in [-0.2, -0.15) is 13.2 Å². The molecule has 0 saturated heterocycles. The minimum absolute atomic E-state index is 0.290. The van der Waals surface area contributed by atoms with Crippen LogP contribution in [0.2, 0.25) is 0 Å². The number of alkyl halides is 3. The molecule has 0 saturated carbocycles. The highest BCUT2D eigenvalue weighted by atomic mass is 32.2. The number of hydrogen-bond donors (Lipinski definition) is 0. The summed E-state index contributed by atoms with van der Waals surface area (Å²) in [7, 11) is 0. The van der Waals surface area contributed by atoms with Gasteiger partial charge in [0, 0.05) is 12.4 Å². The van der Waals surface area contributed by atoms with E-state index in [1.807, 2.05) is 6.07 Å². The number of halogens is 3. The molecule has 2 aromatic heterocycles. The first-order chi connectivity index (χ1) is 11.5. The smallest absolute Gasteiger partial charge is 0.310 e. The summed E-state index contributed by atoms with van der Waals surface area (Å²) in [6.07, 6.45) is 0.332. The lowest BCUT2D eigenvalue weighted by atomic mass is 10.2. The van der Waals surface area contributed by atoms with Crippen LogP contribution >= 0.6 is 11.8 Å². The van der Waals surface area contributed by atoms with Crippen molar-refractivity contribution in [3.8, 4) is 11.3 Å². The van der Waals surface area contributed by atoms with E-state index in [-0.39, 0.29) is 0 Å². The predicted octanol–water partition coefficient (Wildman–Crippen LogP) is 4.19. The minimum Gasteiger partial charge on any atom is -0.310 e. The van der Waals surface area contributed by atoms with Crippen molar-refractivity contribution in [2.24, 2.45) is 0 Å². The van der Waals surface area contributed by atoms with E-state index >= 15 is 0 Å². The van der Waals surface area contributed by atoms with Gasteiger partial charge in [-0.15, -0.1) is 0 Å². The van der Waals surface area contributed by atoms with E-state index in [0.29, 0.717) is 28.0 Å². The molecule has 1 aromatic carbocycles. The van der Waals surface area contributed by atoms with E-state index in [2.05, 4.69) is 15.0 Å². The van der Waals surface area contributed by atoms with Crippen molar-refractivity contribution >= 4 is 11.8 Å². The van der Waals surface area contributed by atoms with Gasteiger partial charge in [-0.25, -0.2) is 15.0 Å². The highest BCUT2D eigenvalue weighted by Crippen LogP contribution is 2.30. The van der Waals surface area contributed by atoms with Crippen LogP contribution in [0.4, 0.5) is 13.2 Å². The summed E-state index contributed by atoms with van der Waals surface area (Å²) in [6, 6.07) is 10.6. The molecule has 0 aliphatic heterocycles. The van der Waals surface area contributed by atoms with Crippen molar-refractivity contribution in [2.75, 3.05) is 0 Å². The number of thioether (sulfide) groups is 1. The maximum Gasteiger partial charge on any atom is 0.406 e. The lowest BCUT2D eigenvalue weighted by Gasteiger charge is -2.14. The molecule has 24 heavy (non-hydrogen) atoms. The molecule has 0 radical (unpaired) electrons. The van der Waals surface area contributed by atoms with Crippen molar-refractivity contribution < 1.29 is 13.2 Å². The van der Waals surface area contributed by atoms with Gasteiger partial charge in [0.25, 0.3) is 0 Å². The normalized spacial score (nSPS) is 11.6. The van der Waals surface area contributed by atoms with E-state index in [9.17, 15) is 13.2 Å². The van der Waals surface area contributed by atoms with Crippen molar-refractivity contribution in [2.45, 2.75) is 23.6 Å². The molecule has 3 rings (SSSR count). The van der Waals surface area contributed by atoms with E-state index in [1.165, 1.54) is 22.5 Å². The summed E-state index contributed by atoms with van der Waals surface area (Å²) in [5.41, 5.74) is 1.13. The number of benzene rings is 1. The quantitative estimate of drug-likeness (QED) is 0.647. The molecule has 0 spiro atoms. The first-order valence-electron chi connectivity index (χ1n) is 7.09. The number of imidazole rings is 1. The van der Waals surface area contributed by atoms with Crippen molar-refractivity contribution in [1.82, 2.24) is 19.5 Å². The summed E-state index contributed by atoms with van der Waals surface area (Å²) >= 11 is 1.18. The SMILES string of the molecule is FC(F)(F)Cn1c(-c2ccccc2)cnc1SCc1ncccn1. The molecule has 0 atom stereocenters. The Labute approximate surface area is 140 Å². The van der Waals surface area contributed by atoms with Crippen molar-refractivity contribution in [3.63, 3.8) is 0 Å². The van der Waals surface area contributed by atoms with Gasteiger partial charge in [0.15, 0.2) is 5.16 Å². The Morgan fingerprint density at radius 2 is 1.67 bits per heavy atom. The highest BCUT2D eigenvalue weighted by Gasteiger charge is 2.30. The Kier molecular flexibility index (Phi) is 4.84. The van der Waals surface area contributed by atoms with Gasteiger partial charge < -0.3 is 4.57 Å². The molecule has 124 valence electrons. The lowest BCUT2D eigenvalue weighted by molar-refractivity contribution is -0.141. The van der Waals surface area contributed by atoms with Crippen LogP contribution < -0.4 is 0 Å². The Morgan fingerprint density at radius 1 is 0.958 bits per heavy atom. The van der Waals surface area contributed by atoms with Crippen LogP contribution in [0.3, 0.4) is 0 Å². The van der Waals surface area contributed by atoms with Gasteiger partial charge in [0.1, 0.15) is 12.4 Å². The molecule has 0 N–H and O–H groups in total. The molecule has 0 fully saturated rings. The topological polar surface area (TPSA) is 43.6 Å². The second-order valence-corrected chi connectivity index (χ2v) is 5.89. The Hall–Kier alpha value is -2.35. The first-order valence-corrected chi connectivity index (χ1v) is 8.08. The van der Waals surface area contributed by atoms with Gasteiger partial charge in [-0.05, 0) is 11.6 Å². The van der Waals surface area contributed by atoms with Crippen LogP contribution in [-0.4, -0.2) is 25.7 Å². The molecule has 3 aromatic rings. The summed E-state index contributed by atoms with van der Waals surface area (Å²) < 4.78 is 40.1. The van der Waals surface area contributed by atoms with E-state index in [1.54, 1.807) is 42.7 Å². The van der Waals surface area contributed by atoms with Crippen LogP contribution in [-0.2, 0) is 12.3 Å². The van der Waals surface area contributed by atoms with Gasteiger partial charge in [-0.3, -0.25) is 0 Å². The van der Waals surface area contributed by atoms with Crippen molar-refractivity contribution in [1.29, 1.82) is 0 Å². The Bertz CT molecular complexity index is 788. The molecule has 0 aliphatic carbocycles. The third-order valence-corrected chi connectivity index (χ3v) is 4.16. The standard InChI is InChI=1S/C16H13F3N4S/c17-16(18,19)11-23-13(12-5-2-1-3-6-12)9-22-15(23)24-10-14-20-7-4-8-21-14/h1-9H,10-11H2. The fourth-order valence-corrected chi connectivity index (χ4v) is 3.03. The van der Waals surface area contributed by atoms with Crippen LogP contribution in [0.15, 0.2) is 60.1 Å². The maximum absolute atomic E-state index is 13.0. The second-order valence-electron chi connectivity index (χ2n) is 4.95.